The van der Waals surface area contributed by atoms with Crippen LogP contribution in [0.3, 0.4) is 0 Å². The normalized spacial score (nSPS) is 10.2. The number of esters is 1. The Hall–Kier alpha value is -3.74. The maximum Gasteiger partial charge on any atom is 0.343 e. The van der Waals surface area contributed by atoms with E-state index in [-0.39, 0.29) is 11.3 Å². The number of nitrogens with zero attached hydrogens (tertiary/aromatic N) is 2. The monoisotopic (exact) mass is 350 g/mol. The van der Waals surface area contributed by atoms with Crippen molar-refractivity contribution >= 4 is 11.7 Å². The smallest absolute Gasteiger partial charge is 0.343 e. The number of benzene rings is 2. The summed E-state index contributed by atoms with van der Waals surface area (Å²) in [4.78, 5) is 26.6. The number of hydrogen-bond acceptors (Lipinski definition) is 6. The lowest BCUT2D eigenvalue weighted by Crippen LogP contribution is -2.09. The van der Waals surface area contributed by atoms with E-state index >= 15 is 0 Å². The van der Waals surface area contributed by atoms with Crippen molar-refractivity contribution in [3.8, 4) is 17.4 Å². The minimum absolute atomic E-state index is 0.0439. The second-order valence-electron chi connectivity index (χ2n) is 5.39. The maximum absolute atomic E-state index is 12.2. The molecule has 0 bridgehead atoms. The molecule has 26 heavy (non-hydrogen) atoms. The Morgan fingerprint density at radius 2 is 1.77 bits per heavy atom. The fourth-order valence-corrected chi connectivity index (χ4v) is 2.26. The molecule has 0 spiro atoms. The molecule has 0 atom stereocenters. The van der Waals surface area contributed by atoms with Crippen LogP contribution in [0.1, 0.15) is 15.9 Å². The number of carbonyl (C=O) groups excluding carboxylic acids is 1. The summed E-state index contributed by atoms with van der Waals surface area (Å²) in [7, 11) is 0. The summed E-state index contributed by atoms with van der Waals surface area (Å²) in [6.45, 7) is 1.57. The minimum atomic E-state index is -0.596. The van der Waals surface area contributed by atoms with Crippen molar-refractivity contribution in [3.05, 3.63) is 88.1 Å². The van der Waals surface area contributed by atoms with Crippen LogP contribution in [-0.2, 0) is 0 Å². The number of nitro benzene ring substituents is 1. The van der Waals surface area contributed by atoms with Gasteiger partial charge in [0.25, 0.3) is 5.69 Å². The molecule has 2 aromatic carbocycles. The molecule has 3 aromatic rings. The zero-order valence-corrected chi connectivity index (χ0v) is 13.8. The van der Waals surface area contributed by atoms with E-state index in [0.717, 1.165) is 0 Å². The SMILES string of the molecule is Cc1cc(C(=O)Oc2ccc(Oc3ccccn3)cc2)ccc1[N+](=O)[O-]. The standard InChI is InChI=1S/C19H14N2O5/c1-13-12-14(5-10-17(13)21(23)24)19(22)26-16-8-6-15(7-9-16)25-18-4-2-3-11-20-18/h2-12H,1H3. The average molecular weight is 350 g/mol. The summed E-state index contributed by atoms with van der Waals surface area (Å²) in [6, 6.07) is 15.9. The van der Waals surface area contributed by atoms with Crippen molar-refractivity contribution in [1.29, 1.82) is 0 Å². The fraction of sp³-hybridized carbons (Fsp3) is 0.0526. The van der Waals surface area contributed by atoms with Gasteiger partial charge in [0.2, 0.25) is 5.88 Å². The number of ether oxygens (including phenoxy) is 2. The Morgan fingerprint density at radius 1 is 1.04 bits per heavy atom. The summed E-state index contributed by atoms with van der Waals surface area (Å²) in [5.74, 6) is 0.744. The van der Waals surface area contributed by atoms with Crippen LogP contribution in [0.4, 0.5) is 5.69 Å². The first-order valence-electron chi connectivity index (χ1n) is 7.69. The van der Waals surface area contributed by atoms with Gasteiger partial charge in [0.1, 0.15) is 11.5 Å². The van der Waals surface area contributed by atoms with Crippen molar-refractivity contribution in [2.45, 2.75) is 6.92 Å². The van der Waals surface area contributed by atoms with E-state index in [2.05, 4.69) is 4.98 Å². The summed E-state index contributed by atoms with van der Waals surface area (Å²) < 4.78 is 10.8. The van der Waals surface area contributed by atoms with Gasteiger partial charge in [-0.15, -0.1) is 0 Å². The van der Waals surface area contributed by atoms with Gasteiger partial charge in [0, 0.05) is 23.9 Å². The number of hydrogen-bond donors (Lipinski definition) is 0. The van der Waals surface area contributed by atoms with E-state index in [9.17, 15) is 14.9 Å². The van der Waals surface area contributed by atoms with Gasteiger partial charge in [-0.2, -0.15) is 0 Å². The highest BCUT2D eigenvalue weighted by atomic mass is 16.6. The first kappa shape index (κ1) is 17.1. The van der Waals surface area contributed by atoms with Crippen LogP contribution in [0.5, 0.6) is 17.4 Å². The molecular formula is C19H14N2O5. The molecular weight excluding hydrogens is 336 g/mol. The maximum atomic E-state index is 12.2. The molecule has 1 aromatic heterocycles. The number of aryl methyl sites for hydroxylation is 1. The Bertz CT molecular complexity index is 940. The Kier molecular flexibility index (Phi) is 4.89. The molecule has 0 saturated heterocycles. The van der Waals surface area contributed by atoms with Crippen LogP contribution in [-0.4, -0.2) is 15.9 Å². The molecule has 0 N–H and O–H groups in total. The number of pyridine rings is 1. The Morgan fingerprint density at radius 3 is 2.38 bits per heavy atom. The Balaban J connectivity index is 1.68. The molecule has 0 aliphatic heterocycles. The third kappa shape index (κ3) is 4.02. The molecule has 0 saturated carbocycles. The van der Waals surface area contributed by atoms with Crippen molar-refractivity contribution < 1.29 is 19.2 Å². The van der Waals surface area contributed by atoms with E-state index in [1.807, 2.05) is 6.07 Å². The topological polar surface area (TPSA) is 91.6 Å². The second kappa shape index (κ2) is 7.43. The molecule has 0 fully saturated rings. The van der Waals surface area contributed by atoms with Crippen molar-refractivity contribution in [1.82, 2.24) is 4.98 Å². The molecule has 7 heteroatoms. The van der Waals surface area contributed by atoms with Crippen molar-refractivity contribution in [2.24, 2.45) is 0 Å². The average Bonchev–Trinajstić information content (AvgIpc) is 2.64. The first-order valence-corrected chi connectivity index (χ1v) is 7.69. The van der Waals surface area contributed by atoms with Crippen LogP contribution in [0.25, 0.3) is 0 Å². The highest BCUT2D eigenvalue weighted by molar-refractivity contribution is 5.91. The van der Waals surface area contributed by atoms with Crippen LogP contribution in [0.2, 0.25) is 0 Å². The summed E-state index contributed by atoms with van der Waals surface area (Å²) in [6.07, 6.45) is 1.62. The highest BCUT2D eigenvalue weighted by Gasteiger charge is 2.15. The lowest BCUT2D eigenvalue weighted by Gasteiger charge is -2.07. The van der Waals surface area contributed by atoms with Gasteiger partial charge in [-0.1, -0.05) is 6.07 Å². The Labute approximate surface area is 149 Å². The second-order valence-corrected chi connectivity index (χ2v) is 5.39. The lowest BCUT2D eigenvalue weighted by molar-refractivity contribution is -0.385. The van der Waals surface area contributed by atoms with E-state index in [1.54, 1.807) is 49.5 Å². The number of carbonyl (C=O) groups is 1. The third-order valence-electron chi connectivity index (χ3n) is 3.52. The lowest BCUT2D eigenvalue weighted by atomic mass is 10.1. The van der Waals surface area contributed by atoms with Crippen LogP contribution < -0.4 is 9.47 Å². The van der Waals surface area contributed by atoms with Crippen LogP contribution in [0.15, 0.2) is 66.9 Å². The van der Waals surface area contributed by atoms with Gasteiger partial charge in [-0.25, -0.2) is 9.78 Å². The zero-order valence-electron chi connectivity index (χ0n) is 13.8. The molecule has 0 aliphatic rings. The van der Waals surface area contributed by atoms with E-state index < -0.39 is 10.9 Å². The van der Waals surface area contributed by atoms with E-state index in [4.69, 9.17) is 9.47 Å². The molecule has 0 unspecified atom stereocenters. The number of rotatable bonds is 5. The molecule has 3 rings (SSSR count). The highest BCUT2D eigenvalue weighted by Crippen LogP contribution is 2.24. The van der Waals surface area contributed by atoms with Gasteiger partial charge in [0.05, 0.1) is 10.5 Å². The summed E-state index contributed by atoms with van der Waals surface area (Å²) >= 11 is 0. The van der Waals surface area contributed by atoms with Gasteiger partial charge in [0.15, 0.2) is 0 Å². The molecule has 7 nitrogen and oxygen atoms in total. The molecule has 1 heterocycles. The van der Waals surface area contributed by atoms with Crippen LogP contribution in [0, 0.1) is 17.0 Å². The van der Waals surface area contributed by atoms with Gasteiger partial charge in [-0.3, -0.25) is 10.1 Å². The van der Waals surface area contributed by atoms with Gasteiger partial charge < -0.3 is 9.47 Å². The fourth-order valence-electron chi connectivity index (χ4n) is 2.26. The van der Waals surface area contributed by atoms with Gasteiger partial charge >= 0.3 is 5.97 Å². The molecule has 0 amide bonds. The number of aromatic nitrogens is 1. The number of nitro groups is 1. The largest absolute Gasteiger partial charge is 0.439 e. The predicted molar refractivity (Wildman–Crippen MR) is 93.5 cm³/mol. The van der Waals surface area contributed by atoms with Crippen LogP contribution >= 0.6 is 0 Å². The predicted octanol–water partition coefficient (Wildman–Crippen LogP) is 4.31. The minimum Gasteiger partial charge on any atom is -0.439 e. The quantitative estimate of drug-likeness (QED) is 0.295. The first-order chi connectivity index (χ1) is 12.5. The van der Waals surface area contributed by atoms with Gasteiger partial charge in [-0.05, 0) is 49.4 Å². The van der Waals surface area contributed by atoms with E-state index in [1.165, 1.54) is 18.2 Å². The third-order valence-corrected chi connectivity index (χ3v) is 3.52. The molecule has 0 radical (unpaired) electrons. The summed E-state index contributed by atoms with van der Waals surface area (Å²) in [5, 5.41) is 10.8. The van der Waals surface area contributed by atoms with Crippen molar-refractivity contribution in [3.63, 3.8) is 0 Å². The summed E-state index contributed by atoms with van der Waals surface area (Å²) in [5.41, 5.74) is 0.586. The van der Waals surface area contributed by atoms with Crippen molar-refractivity contribution in [2.75, 3.05) is 0 Å². The zero-order chi connectivity index (χ0) is 18.5. The molecule has 0 aliphatic carbocycles. The molecule has 130 valence electrons. The van der Waals surface area contributed by atoms with E-state index in [0.29, 0.717) is 22.9 Å².